The predicted molar refractivity (Wildman–Crippen MR) is 60.3 cm³/mol. The zero-order valence-corrected chi connectivity index (χ0v) is 9.20. The molecule has 0 bridgehead atoms. The summed E-state index contributed by atoms with van der Waals surface area (Å²) in [4.78, 5) is 6.51. The molecule has 0 saturated heterocycles. The minimum atomic E-state index is 0.510. The van der Waals surface area contributed by atoms with E-state index in [0.29, 0.717) is 12.6 Å². The molecule has 3 nitrogen and oxygen atoms in total. The van der Waals surface area contributed by atoms with E-state index in [1.807, 2.05) is 18.3 Å². The van der Waals surface area contributed by atoms with E-state index in [9.17, 15) is 0 Å². The van der Waals surface area contributed by atoms with Gasteiger partial charge in [0.25, 0.3) is 0 Å². The van der Waals surface area contributed by atoms with Crippen molar-refractivity contribution in [2.75, 3.05) is 11.9 Å². The number of nitrogens with two attached hydrogens (primary N) is 1. The first-order valence-corrected chi connectivity index (χ1v) is 5.06. The first-order chi connectivity index (χ1) is 6.69. The molecular weight excluding hydrogens is 174 g/mol. The van der Waals surface area contributed by atoms with Crippen molar-refractivity contribution in [2.24, 2.45) is 5.73 Å². The Morgan fingerprint density at radius 1 is 1.57 bits per heavy atom. The first-order valence-electron chi connectivity index (χ1n) is 5.06. The number of aromatic nitrogens is 1. The summed E-state index contributed by atoms with van der Waals surface area (Å²) in [5.41, 5.74) is 6.71. The summed E-state index contributed by atoms with van der Waals surface area (Å²) in [5.74, 6) is 1.00. The maximum absolute atomic E-state index is 5.58. The SMILES string of the molecule is CCC(C)N(C)c1cc(CN)ccn1. The molecule has 1 atom stereocenters. The topological polar surface area (TPSA) is 42.1 Å². The largest absolute Gasteiger partial charge is 0.357 e. The van der Waals surface area contributed by atoms with E-state index in [-0.39, 0.29) is 0 Å². The molecule has 1 aromatic rings. The third-order valence-corrected chi connectivity index (χ3v) is 2.66. The molecule has 1 unspecified atom stereocenters. The quantitative estimate of drug-likeness (QED) is 0.792. The van der Waals surface area contributed by atoms with Gasteiger partial charge >= 0.3 is 0 Å². The lowest BCUT2D eigenvalue weighted by molar-refractivity contribution is 0.656. The molecular formula is C11H19N3. The van der Waals surface area contributed by atoms with Crippen LogP contribution in [0.2, 0.25) is 0 Å². The number of rotatable bonds is 4. The van der Waals surface area contributed by atoms with Crippen molar-refractivity contribution in [1.29, 1.82) is 0 Å². The van der Waals surface area contributed by atoms with Gasteiger partial charge in [0.1, 0.15) is 5.82 Å². The van der Waals surface area contributed by atoms with E-state index in [0.717, 1.165) is 17.8 Å². The van der Waals surface area contributed by atoms with Gasteiger partial charge in [-0.15, -0.1) is 0 Å². The Labute approximate surface area is 85.9 Å². The Hall–Kier alpha value is -1.09. The number of hydrogen-bond donors (Lipinski definition) is 1. The normalized spacial score (nSPS) is 12.6. The van der Waals surface area contributed by atoms with Crippen LogP contribution in [0.25, 0.3) is 0 Å². The van der Waals surface area contributed by atoms with Gasteiger partial charge in [-0.1, -0.05) is 6.92 Å². The fourth-order valence-corrected chi connectivity index (χ4v) is 1.28. The number of hydrogen-bond acceptors (Lipinski definition) is 3. The average molecular weight is 193 g/mol. The van der Waals surface area contributed by atoms with Crippen LogP contribution < -0.4 is 10.6 Å². The standard InChI is InChI=1S/C11H19N3/c1-4-9(2)14(3)11-7-10(8-12)5-6-13-11/h5-7,9H,4,8,12H2,1-3H3. The summed E-state index contributed by atoms with van der Waals surface area (Å²) in [6.07, 6.45) is 2.93. The summed E-state index contributed by atoms with van der Waals surface area (Å²) < 4.78 is 0. The molecule has 3 heteroatoms. The van der Waals surface area contributed by atoms with Gasteiger partial charge in [0.15, 0.2) is 0 Å². The minimum Gasteiger partial charge on any atom is -0.357 e. The molecule has 0 aliphatic carbocycles. The van der Waals surface area contributed by atoms with Crippen LogP contribution in [-0.2, 0) is 6.54 Å². The molecule has 2 N–H and O–H groups in total. The van der Waals surface area contributed by atoms with Crippen molar-refractivity contribution in [3.63, 3.8) is 0 Å². The molecule has 0 fully saturated rings. The monoisotopic (exact) mass is 193 g/mol. The Kier molecular flexibility index (Phi) is 3.89. The molecule has 0 aliphatic rings. The van der Waals surface area contributed by atoms with Gasteiger partial charge in [-0.25, -0.2) is 4.98 Å². The molecule has 0 saturated carbocycles. The van der Waals surface area contributed by atoms with Gasteiger partial charge in [-0.2, -0.15) is 0 Å². The predicted octanol–water partition coefficient (Wildman–Crippen LogP) is 1.78. The van der Waals surface area contributed by atoms with E-state index in [2.05, 4.69) is 30.8 Å². The second-order valence-corrected chi connectivity index (χ2v) is 3.59. The Bertz CT molecular complexity index is 286. The van der Waals surface area contributed by atoms with Crippen LogP contribution in [0.1, 0.15) is 25.8 Å². The molecule has 1 heterocycles. The van der Waals surface area contributed by atoms with Crippen molar-refractivity contribution in [3.05, 3.63) is 23.9 Å². The molecule has 1 aromatic heterocycles. The van der Waals surface area contributed by atoms with Crippen LogP contribution in [-0.4, -0.2) is 18.1 Å². The van der Waals surface area contributed by atoms with E-state index < -0.39 is 0 Å². The Morgan fingerprint density at radius 3 is 2.86 bits per heavy atom. The zero-order valence-electron chi connectivity index (χ0n) is 9.20. The van der Waals surface area contributed by atoms with Crippen molar-refractivity contribution in [1.82, 2.24) is 4.98 Å². The first kappa shape index (κ1) is 11.0. The number of nitrogens with zero attached hydrogens (tertiary/aromatic N) is 2. The summed E-state index contributed by atoms with van der Waals surface area (Å²) in [6.45, 7) is 4.94. The van der Waals surface area contributed by atoms with Crippen LogP contribution >= 0.6 is 0 Å². The molecule has 0 spiro atoms. The van der Waals surface area contributed by atoms with E-state index >= 15 is 0 Å². The maximum Gasteiger partial charge on any atom is 0.128 e. The van der Waals surface area contributed by atoms with E-state index in [1.165, 1.54) is 0 Å². The second kappa shape index (κ2) is 4.96. The summed E-state index contributed by atoms with van der Waals surface area (Å²) in [7, 11) is 2.07. The zero-order chi connectivity index (χ0) is 10.6. The van der Waals surface area contributed by atoms with Crippen molar-refractivity contribution in [3.8, 4) is 0 Å². The van der Waals surface area contributed by atoms with E-state index in [1.54, 1.807) is 0 Å². The summed E-state index contributed by atoms with van der Waals surface area (Å²) >= 11 is 0. The van der Waals surface area contributed by atoms with Gasteiger partial charge in [-0.3, -0.25) is 0 Å². The lowest BCUT2D eigenvalue weighted by Gasteiger charge is -2.25. The Morgan fingerprint density at radius 2 is 2.29 bits per heavy atom. The fraction of sp³-hybridized carbons (Fsp3) is 0.545. The van der Waals surface area contributed by atoms with Gasteiger partial charge in [-0.05, 0) is 31.0 Å². The summed E-state index contributed by atoms with van der Waals surface area (Å²) in [6, 6.07) is 4.51. The van der Waals surface area contributed by atoms with Gasteiger partial charge < -0.3 is 10.6 Å². The van der Waals surface area contributed by atoms with Gasteiger partial charge in [0, 0.05) is 25.8 Å². The van der Waals surface area contributed by atoms with Gasteiger partial charge in [0.05, 0.1) is 0 Å². The molecule has 14 heavy (non-hydrogen) atoms. The fourth-order valence-electron chi connectivity index (χ4n) is 1.28. The van der Waals surface area contributed by atoms with Crippen LogP contribution in [0.3, 0.4) is 0 Å². The van der Waals surface area contributed by atoms with Gasteiger partial charge in [0.2, 0.25) is 0 Å². The Balaban J connectivity index is 2.83. The third kappa shape index (κ3) is 2.45. The average Bonchev–Trinajstić information content (AvgIpc) is 2.27. The molecule has 0 radical (unpaired) electrons. The van der Waals surface area contributed by atoms with Crippen molar-refractivity contribution in [2.45, 2.75) is 32.9 Å². The lowest BCUT2D eigenvalue weighted by atomic mass is 10.2. The number of anilines is 1. The van der Waals surface area contributed by atoms with Crippen molar-refractivity contribution >= 4 is 5.82 Å². The summed E-state index contributed by atoms with van der Waals surface area (Å²) in [5, 5.41) is 0. The smallest absolute Gasteiger partial charge is 0.128 e. The highest BCUT2D eigenvalue weighted by Crippen LogP contribution is 2.14. The van der Waals surface area contributed by atoms with Crippen molar-refractivity contribution < 1.29 is 0 Å². The molecule has 0 amide bonds. The highest BCUT2D eigenvalue weighted by atomic mass is 15.2. The lowest BCUT2D eigenvalue weighted by Crippen LogP contribution is -2.28. The molecule has 78 valence electrons. The van der Waals surface area contributed by atoms with E-state index in [4.69, 9.17) is 5.73 Å². The highest BCUT2D eigenvalue weighted by Gasteiger charge is 2.08. The van der Waals surface area contributed by atoms with Crippen LogP contribution in [0.5, 0.6) is 0 Å². The van der Waals surface area contributed by atoms with Crippen LogP contribution in [0.15, 0.2) is 18.3 Å². The van der Waals surface area contributed by atoms with Crippen LogP contribution in [0, 0.1) is 0 Å². The maximum atomic E-state index is 5.58. The highest BCUT2D eigenvalue weighted by molar-refractivity contribution is 5.40. The number of pyridine rings is 1. The second-order valence-electron chi connectivity index (χ2n) is 3.59. The van der Waals surface area contributed by atoms with Crippen LogP contribution in [0.4, 0.5) is 5.82 Å². The molecule has 1 rings (SSSR count). The molecule has 0 aromatic carbocycles. The third-order valence-electron chi connectivity index (χ3n) is 2.66. The molecule has 0 aliphatic heterocycles. The minimum absolute atomic E-state index is 0.510.